The lowest BCUT2D eigenvalue weighted by Crippen LogP contribution is -2.32. The van der Waals surface area contributed by atoms with Gasteiger partial charge in [0.2, 0.25) is 5.95 Å². The van der Waals surface area contributed by atoms with Gasteiger partial charge in [0.1, 0.15) is 17.5 Å². The minimum atomic E-state index is -0.500. The number of halogens is 1. The van der Waals surface area contributed by atoms with Crippen LogP contribution in [0.15, 0.2) is 0 Å². The van der Waals surface area contributed by atoms with Crippen LogP contribution in [0.2, 0.25) is 0 Å². The molecule has 5 unspecified atom stereocenters. The zero-order valence-corrected chi connectivity index (χ0v) is 15.0. The smallest absolute Gasteiger partial charge is 0.224 e. The van der Waals surface area contributed by atoms with Crippen LogP contribution in [0.4, 0.5) is 16.2 Å². The molecule has 5 N–H and O–H groups in total. The molecule has 0 aliphatic heterocycles. The molecule has 1 aromatic rings. The SMILES string of the molecule is Cc1nc(NCCF)nc(NC2CC3C(O)C3(C)C2C)c1C(N)=S. The van der Waals surface area contributed by atoms with Crippen molar-refractivity contribution in [1.82, 2.24) is 9.97 Å². The Morgan fingerprint density at radius 3 is 2.75 bits per heavy atom. The fourth-order valence-corrected chi connectivity index (χ4v) is 4.31. The Bertz CT molecular complexity index is 672. The zero-order chi connectivity index (χ0) is 17.6. The van der Waals surface area contributed by atoms with Gasteiger partial charge in [-0.15, -0.1) is 0 Å². The maximum atomic E-state index is 12.4. The van der Waals surface area contributed by atoms with E-state index in [4.69, 9.17) is 18.0 Å². The minimum absolute atomic E-state index is 0.0293. The summed E-state index contributed by atoms with van der Waals surface area (Å²) >= 11 is 5.15. The largest absolute Gasteiger partial charge is 0.392 e. The van der Waals surface area contributed by atoms with E-state index in [1.165, 1.54) is 0 Å². The molecular formula is C16H24FN5OS. The number of aliphatic hydroxyl groups is 1. The molecular weight excluding hydrogens is 329 g/mol. The summed E-state index contributed by atoms with van der Waals surface area (Å²) in [5.41, 5.74) is 7.10. The molecule has 2 saturated carbocycles. The van der Waals surface area contributed by atoms with Gasteiger partial charge < -0.3 is 21.5 Å². The predicted molar refractivity (Wildman–Crippen MR) is 95.9 cm³/mol. The van der Waals surface area contributed by atoms with Crippen LogP contribution in [-0.4, -0.2) is 45.4 Å². The normalized spacial score (nSPS) is 33.9. The van der Waals surface area contributed by atoms with Crippen molar-refractivity contribution < 1.29 is 9.50 Å². The Labute approximate surface area is 146 Å². The Balaban J connectivity index is 1.86. The van der Waals surface area contributed by atoms with Crippen molar-refractivity contribution in [2.45, 2.75) is 39.3 Å². The summed E-state index contributed by atoms with van der Waals surface area (Å²) in [6.07, 6.45) is 0.667. The fourth-order valence-electron chi connectivity index (χ4n) is 4.07. The molecule has 1 aromatic heterocycles. The molecule has 2 fully saturated rings. The number of thiocarbonyl (C=S) groups is 1. The Kier molecular flexibility index (Phi) is 4.37. The summed E-state index contributed by atoms with van der Waals surface area (Å²) in [6.45, 7) is 5.73. The van der Waals surface area contributed by atoms with E-state index in [-0.39, 0.29) is 29.1 Å². The van der Waals surface area contributed by atoms with Crippen molar-refractivity contribution >= 4 is 29.0 Å². The van der Waals surface area contributed by atoms with E-state index in [1.807, 2.05) is 6.92 Å². The van der Waals surface area contributed by atoms with Crippen molar-refractivity contribution in [3.8, 4) is 0 Å². The van der Waals surface area contributed by atoms with E-state index < -0.39 is 6.67 Å². The van der Waals surface area contributed by atoms with Crippen molar-refractivity contribution in [2.24, 2.45) is 23.0 Å². The summed E-state index contributed by atoms with van der Waals surface area (Å²) in [5, 5.41) is 16.3. The van der Waals surface area contributed by atoms with Gasteiger partial charge in [0.05, 0.1) is 17.4 Å². The summed E-state index contributed by atoms with van der Waals surface area (Å²) in [5.74, 6) is 1.56. The molecule has 24 heavy (non-hydrogen) atoms. The van der Waals surface area contributed by atoms with Crippen LogP contribution < -0.4 is 16.4 Å². The van der Waals surface area contributed by atoms with Gasteiger partial charge in [0.25, 0.3) is 0 Å². The lowest BCUT2D eigenvalue weighted by molar-refractivity contribution is 0.175. The minimum Gasteiger partial charge on any atom is -0.392 e. The molecule has 2 aliphatic rings. The van der Waals surface area contributed by atoms with Crippen molar-refractivity contribution in [3.63, 3.8) is 0 Å². The first kappa shape index (κ1) is 17.3. The highest BCUT2D eigenvalue weighted by Gasteiger charge is 2.69. The highest BCUT2D eigenvalue weighted by atomic mass is 32.1. The lowest BCUT2D eigenvalue weighted by Gasteiger charge is -2.27. The highest BCUT2D eigenvalue weighted by molar-refractivity contribution is 7.80. The fraction of sp³-hybridized carbons (Fsp3) is 0.688. The summed E-state index contributed by atoms with van der Waals surface area (Å²) in [4.78, 5) is 8.97. The summed E-state index contributed by atoms with van der Waals surface area (Å²) < 4.78 is 12.4. The molecule has 0 spiro atoms. The number of anilines is 2. The van der Waals surface area contributed by atoms with Gasteiger partial charge in [-0.3, -0.25) is 0 Å². The van der Waals surface area contributed by atoms with Crippen LogP contribution in [0.3, 0.4) is 0 Å². The number of hydrogen-bond acceptors (Lipinski definition) is 6. The standard InChI is InChI=1S/C16H24FN5OS/c1-7-10(6-9-12(23)16(7,9)3)21-14-11(13(18)24)8(2)20-15(22-14)19-5-4-17/h7,9-10,12,23H,4-6H2,1-3H3,(H2,18,24)(H2,19,20,21,22). The van der Waals surface area contributed by atoms with Crippen LogP contribution in [-0.2, 0) is 0 Å². The van der Waals surface area contributed by atoms with Crippen LogP contribution in [0, 0.1) is 24.2 Å². The Morgan fingerprint density at radius 1 is 1.50 bits per heavy atom. The van der Waals surface area contributed by atoms with E-state index in [2.05, 4.69) is 34.4 Å². The number of nitrogens with two attached hydrogens (primary N) is 1. The zero-order valence-electron chi connectivity index (χ0n) is 14.1. The maximum Gasteiger partial charge on any atom is 0.224 e. The summed E-state index contributed by atoms with van der Waals surface area (Å²) in [6, 6.07) is 0.180. The third-order valence-electron chi connectivity index (χ3n) is 5.84. The van der Waals surface area contributed by atoms with E-state index in [0.29, 0.717) is 34.9 Å². The molecule has 0 saturated heterocycles. The van der Waals surface area contributed by atoms with E-state index >= 15 is 0 Å². The van der Waals surface area contributed by atoms with Gasteiger partial charge in [-0.05, 0) is 25.2 Å². The lowest BCUT2D eigenvalue weighted by atomic mass is 9.90. The quantitative estimate of drug-likeness (QED) is 0.577. The van der Waals surface area contributed by atoms with Crippen molar-refractivity contribution in [2.75, 3.05) is 23.9 Å². The second-order valence-electron chi connectivity index (χ2n) is 7.03. The molecule has 0 aromatic carbocycles. The van der Waals surface area contributed by atoms with E-state index in [9.17, 15) is 9.50 Å². The first-order valence-electron chi connectivity index (χ1n) is 8.23. The summed E-state index contributed by atoms with van der Waals surface area (Å²) in [7, 11) is 0. The van der Waals surface area contributed by atoms with Crippen LogP contribution in [0.5, 0.6) is 0 Å². The van der Waals surface area contributed by atoms with Gasteiger partial charge in [0, 0.05) is 18.0 Å². The first-order valence-corrected chi connectivity index (χ1v) is 8.64. The number of fused-ring (bicyclic) bond motifs is 1. The number of alkyl halides is 1. The molecule has 6 nitrogen and oxygen atoms in total. The van der Waals surface area contributed by atoms with E-state index in [0.717, 1.165) is 6.42 Å². The molecule has 0 radical (unpaired) electrons. The number of nitrogens with one attached hydrogen (secondary N) is 2. The number of aromatic nitrogens is 2. The topological polar surface area (TPSA) is 96.1 Å². The average Bonchev–Trinajstić information content (AvgIpc) is 2.92. The number of aliphatic hydroxyl groups excluding tert-OH is 1. The molecule has 5 atom stereocenters. The maximum absolute atomic E-state index is 12.4. The van der Waals surface area contributed by atoms with Gasteiger partial charge in [0.15, 0.2) is 0 Å². The van der Waals surface area contributed by atoms with Crippen LogP contribution in [0.1, 0.15) is 31.5 Å². The Morgan fingerprint density at radius 2 is 2.21 bits per heavy atom. The van der Waals surface area contributed by atoms with Gasteiger partial charge in [-0.25, -0.2) is 9.37 Å². The number of nitrogens with zero attached hydrogens (tertiary/aromatic N) is 2. The average molecular weight is 353 g/mol. The van der Waals surface area contributed by atoms with E-state index in [1.54, 1.807) is 0 Å². The number of rotatable bonds is 6. The predicted octanol–water partition coefficient (Wildman–Crippen LogP) is 1.62. The van der Waals surface area contributed by atoms with Gasteiger partial charge >= 0.3 is 0 Å². The number of aryl methyl sites for hydroxylation is 1. The van der Waals surface area contributed by atoms with Gasteiger partial charge in [-0.2, -0.15) is 4.98 Å². The second-order valence-corrected chi connectivity index (χ2v) is 7.47. The molecule has 8 heteroatoms. The molecule has 0 amide bonds. The third-order valence-corrected chi connectivity index (χ3v) is 6.04. The third kappa shape index (κ3) is 2.61. The van der Waals surface area contributed by atoms with Crippen LogP contribution >= 0.6 is 12.2 Å². The first-order chi connectivity index (χ1) is 11.3. The molecule has 0 bridgehead atoms. The van der Waals surface area contributed by atoms with Crippen molar-refractivity contribution in [1.29, 1.82) is 0 Å². The van der Waals surface area contributed by atoms with Crippen LogP contribution in [0.25, 0.3) is 0 Å². The highest BCUT2D eigenvalue weighted by Crippen LogP contribution is 2.66. The molecule has 1 heterocycles. The molecule has 132 valence electrons. The second kappa shape index (κ2) is 6.07. The Hall–Kier alpha value is -1.54. The van der Waals surface area contributed by atoms with Crippen molar-refractivity contribution in [3.05, 3.63) is 11.3 Å². The monoisotopic (exact) mass is 353 g/mol. The molecule has 3 rings (SSSR count). The molecule has 2 aliphatic carbocycles. The number of hydrogen-bond donors (Lipinski definition) is 4. The van der Waals surface area contributed by atoms with Gasteiger partial charge in [-0.1, -0.05) is 26.1 Å².